The van der Waals surface area contributed by atoms with E-state index in [2.05, 4.69) is 27.4 Å². The van der Waals surface area contributed by atoms with Crippen molar-refractivity contribution in [3.8, 4) is 11.5 Å². The monoisotopic (exact) mass is 412 g/mol. The van der Waals surface area contributed by atoms with Crippen molar-refractivity contribution >= 4 is 12.0 Å². The van der Waals surface area contributed by atoms with Gasteiger partial charge < -0.3 is 14.2 Å². The minimum absolute atomic E-state index is 0.153. The van der Waals surface area contributed by atoms with Crippen LogP contribution < -0.4 is 9.47 Å². The molecule has 2 fully saturated rings. The molecule has 0 radical (unpaired) electrons. The zero-order valence-corrected chi connectivity index (χ0v) is 19.1. The molecule has 0 unspecified atom stereocenters. The first-order chi connectivity index (χ1) is 14.2. The van der Waals surface area contributed by atoms with Gasteiger partial charge in [0, 0.05) is 23.6 Å². The molecule has 0 N–H and O–H groups in total. The molecule has 0 heterocycles. The van der Waals surface area contributed by atoms with Gasteiger partial charge in [0.05, 0.1) is 20.8 Å². The number of benzene rings is 1. The van der Waals surface area contributed by atoms with E-state index in [9.17, 15) is 4.79 Å². The summed E-state index contributed by atoms with van der Waals surface area (Å²) in [4.78, 5) is 12.5. The molecule has 30 heavy (non-hydrogen) atoms. The summed E-state index contributed by atoms with van der Waals surface area (Å²) in [5.41, 5.74) is 2.53. The molecule has 0 aromatic heterocycles. The first-order valence-corrected chi connectivity index (χ1v) is 11.0. The number of ether oxygens (including phenoxy) is 3. The molecule has 0 saturated heterocycles. The van der Waals surface area contributed by atoms with Crippen molar-refractivity contribution in [2.75, 3.05) is 20.8 Å². The number of hydrogen-bond acceptors (Lipinski definition) is 4. The highest BCUT2D eigenvalue weighted by atomic mass is 16.5. The normalized spacial score (nSPS) is 28.1. The molecule has 0 amide bonds. The molecule has 2 aliphatic carbocycles. The van der Waals surface area contributed by atoms with Crippen LogP contribution in [-0.4, -0.2) is 26.8 Å². The Morgan fingerprint density at radius 2 is 1.97 bits per heavy atom. The fourth-order valence-corrected chi connectivity index (χ4v) is 5.91. The quantitative estimate of drug-likeness (QED) is 0.324. The number of methoxy groups -OCH3 is 2. The minimum Gasteiger partial charge on any atom is -0.497 e. The van der Waals surface area contributed by atoms with E-state index in [1.165, 1.54) is 37.3 Å². The molecule has 3 rings (SSSR count). The number of carbonyl (C=O) groups excluding carboxylic acids is 1. The molecule has 4 heteroatoms. The molecule has 2 aliphatic rings. The summed E-state index contributed by atoms with van der Waals surface area (Å²) in [6, 6.07) is 5.49. The largest absolute Gasteiger partial charge is 0.497 e. The minimum atomic E-state index is -0.332. The van der Waals surface area contributed by atoms with Gasteiger partial charge >= 0.3 is 5.97 Å². The smallest absolute Gasteiger partial charge is 0.330 e. The molecule has 0 bridgehead atoms. The van der Waals surface area contributed by atoms with Gasteiger partial charge in [0.25, 0.3) is 0 Å². The van der Waals surface area contributed by atoms with E-state index in [4.69, 9.17) is 14.2 Å². The Balaban J connectivity index is 1.68. The summed E-state index contributed by atoms with van der Waals surface area (Å²) in [6.07, 6.45) is 9.12. The molecule has 2 saturated carbocycles. The highest BCUT2D eigenvalue weighted by Crippen LogP contribution is 2.60. The number of hydrogen-bond donors (Lipinski definition) is 0. The van der Waals surface area contributed by atoms with Gasteiger partial charge in [-0.3, -0.25) is 0 Å². The summed E-state index contributed by atoms with van der Waals surface area (Å²) in [5.74, 6) is 1.90. The molecule has 1 aromatic carbocycles. The van der Waals surface area contributed by atoms with Crippen molar-refractivity contribution in [1.29, 1.82) is 0 Å². The van der Waals surface area contributed by atoms with E-state index in [1.54, 1.807) is 26.4 Å². The van der Waals surface area contributed by atoms with Crippen LogP contribution in [0.3, 0.4) is 0 Å². The van der Waals surface area contributed by atoms with Crippen LogP contribution in [0, 0.1) is 22.7 Å². The van der Waals surface area contributed by atoms with Gasteiger partial charge in [-0.25, -0.2) is 4.79 Å². The second-order valence-electron chi connectivity index (χ2n) is 9.72. The van der Waals surface area contributed by atoms with Crippen LogP contribution in [0.15, 0.2) is 36.4 Å². The maximum Gasteiger partial charge on any atom is 0.330 e. The van der Waals surface area contributed by atoms with Crippen LogP contribution in [-0.2, 0) is 9.53 Å². The molecule has 0 aliphatic heterocycles. The van der Waals surface area contributed by atoms with Gasteiger partial charge in [0.1, 0.15) is 11.5 Å². The zero-order chi connectivity index (χ0) is 21.9. The van der Waals surface area contributed by atoms with E-state index < -0.39 is 0 Å². The molecule has 3 atom stereocenters. The van der Waals surface area contributed by atoms with Gasteiger partial charge in [-0.05, 0) is 60.6 Å². The molecular weight excluding hydrogens is 376 g/mol. The third-order valence-electron chi connectivity index (χ3n) is 7.55. The summed E-state index contributed by atoms with van der Waals surface area (Å²) in [7, 11) is 3.21. The summed E-state index contributed by atoms with van der Waals surface area (Å²) >= 11 is 0. The molecular formula is C26H36O4. The predicted molar refractivity (Wildman–Crippen MR) is 121 cm³/mol. The topological polar surface area (TPSA) is 44.8 Å². The van der Waals surface area contributed by atoms with Gasteiger partial charge in [-0.2, -0.15) is 0 Å². The maximum absolute atomic E-state index is 12.5. The van der Waals surface area contributed by atoms with E-state index >= 15 is 0 Å². The highest BCUT2D eigenvalue weighted by molar-refractivity contribution is 5.87. The number of rotatable bonds is 6. The fourth-order valence-electron chi connectivity index (χ4n) is 5.91. The highest BCUT2D eigenvalue weighted by Gasteiger charge is 2.53. The van der Waals surface area contributed by atoms with Crippen molar-refractivity contribution in [3.63, 3.8) is 0 Å². The lowest BCUT2D eigenvalue weighted by Crippen LogP contribution is -2.50. The van der Waals surface area contributed by atoms with Gasteiger partial charge in [0.2, 0.25) is 0 Å². The van der Waals surface area contributed by atoms with Crippen LogP contribution >= 0.6 is 0 Å². The summed E-state index contributed by atoms with van der Waals surface area (Å²) in [6.45, 7) is 11.9. The Kier molecular flexibility index (Phi) is 6.64. The standard InChI is InChI=1S/C26H36O4/c1-18-8-12-23-25(2,3)14-7-15-26(23,4)21(18)17-30-24(27)13-10-19-9-11-20(28-5)16-22(19)29-6/h9-11,13,16,21,23H,1,7-8,12,14-15,17H2,2-6H3/b13-10+/t21-,23-,26+/m0/s1. The van der Waals surface area contributed by atoms with Crippen LogP contribution in [0.5, 0.6) is 11.5 Å². The van der Waals surface area contributed by atoms with E-state index in [-0.39, 0.29) is 17.3 Å². The van der Waals surface area contributed by atoms with Gasteiger partial charge in [0.15, 0.2) is 0 Å². The average Bonchev–Trinajstić information content (AvgIpc) is 2.70. The Labute approximate surface area is 181 Å². The van der Waals surface area contributed by atoms with Crippen LogP contribution in [0.4, 0.5) is 0 Å². The Morgan fingerprint density at radius 3 is 2.67 bits per heavy atom. The lowest BCUT2D eigenvalue weighted by Gasteiger charge is -2.57. The second-order valence-corrected chi connectivity index (χ2v) is 9.72. The first kappa shape index (κ1) is 22.5. The van der Waals surface area contributed by atoms with E-state index in [1.807, 2.05) is 12.1 Å². The van der Waals surface area contributed by atoms with Crippen LogP contribution in [0.25, 0.3) is 6.08 Å². The Morgan fingerprint density at radius 1 is 1.20 bits per heavy atom. The van der Waals surface area contributed by atoms with E-state index in [0.29, 0.717) is 29.4 Å². The molecule has 4 nitrogen and oxygen atoms in total. The number of fused-ring (bicyclic) bond motifs is 1. The predicted octanol–water partition coefficient (Wildman–Crippen LogP) is 6.06. The third-order valence-corrected chi connectivity index (χ3v) is 7.55. The van der Waals surface area contributed by atoms with Crippen molar-refractivity contribution in [3.05, 3.63) is 42.0 Å². The van der Waals surface area contributed by atoms with Crippen LogP contribution in [0.1, 0.15) is 58.4 Å². The lowest BCUT2D eigenvalue weighted by molar-refractivity contribution is -0.143. The summed E-state index contributed by atoms with van der Waals surface area (Å²) in [5, 5.41) is 0. The Bertz CT molecular complexity index is 822. The number of carbonyl (C=O) groups is 1. The SMILES string of the molecule is C=C1CC[C@H]2C(C)(C)CCC[C@]2(C)[C@H]1COC(=O)/C=C/c1ccc(OC)cc1OC. The van der Waals surface area contributed by atoms with Crippen molar-refractivity contribution in [2.24, 2.45) is 22.7 Å². The summed E-state index contributed by atoms with van der Waals surface area (Å²) < 4.78 is 16.3. The maximum atomic E-state index is 12.5. The van der Waals surface area contributed by atoms with Gasteiger partial charge in [-0.15, -0.1) is 0 Å². The molecule has 0 spiro atoms. The fraction of sp³-hybridized carbons (Fsp3) is 0.577. The van der Waals surface area contributed by atoms with Crippen molar-refractivity contribution in [1.82, 2.24) is 0 Å². The number of esters is 1. The zero-order valence-electron chi connectivity index (χ0n) is 19.1. The first-order valence-electron chi connectivity index (χ1n) is 11.0. The van der Waals surface area contributed by atoms with Crippen molar-refractivity contribution < 1.29 is 19.0 Å². The Hall–Kier alpha value is -2.23. The average molecular weight is 413 g/mol. The van der Waals surface area contributed by atoms with Crippen molar-refractivity contribution in [2.45, 2.75) is 52.9 Å². The van der Waals surface area contributed by atoms with E-state index in [0.717, 1.165) is 12.0 Å². The molecule has 164 valence electrons. The second kappa shape index (κ2) is 8.87. The van der Waals surface area contributed by atoms with Crippen LogP contribution in [0.2, 0.25) is 0 Å². The lowest BCUT2D eigenvalue weighted by atomic mass is 9.48. The molecule has 1 aromatic rings. The van der Waals surface area contributed by atoms with Gasteiger partial charge in [-0.1, -0.05) is 39.3 Å². The third kappa shape index (κ3) is 4.43.